The van der Waals surface area contributed by atoms with Crippen LogP contribution < -0.4 is 5.32 Å². The Balaban J connectivity index is 1.62. The van der Waals surface area contributed by atoms with Crippen LogP contribution in [0, 0.1) is 5.92 Å². The van der Waals surface area contributed by atoms with Gasteiger partial charge in [-0.1, -0.05) is 19.0 Å². The molecule has 0 bridgehead atoms. The van der Waals surface area contributed by atoms with E-state index in [4.69, 9.17) is 4.52 Å². The number of nitrogens with zero attached hydrogens (tertiary/aromatic N) is 5. The first kappa shape index (κ1) is 16.5. The Morgan fingerprint density at radius 3 is 3.04 bits per heavy atom. The lowest BCUT2D eigenvalue weighted by atomic mass is 9.93. The second kappa shape index (κ2) is 7.51. The van der Waals surface area contributed by atoms with Crippen LogP contribution in [-0.2, 0) is 13.0 Å². The molecule has 3 heterocycles. The molecule has 0 aliphatic carbocycles. The normalized spacial score (nSPS) is 22.0. The average Bonchev–Trinajstić information content (AvgIpc) is 3.28. The molecule has 1 fully saturated rings. The zero-order valence-electron chi connectivity index (χ0n) is 14.6. The van der Waals surface area contributed by atoms with Crippen molar-refractivity contribution in [2.75, 3.05) is 20.1 Å². The van der Waals surface area contributed by atoms with Crippen LogP contribution in [0.2, 0.25) is 0 Å². The summed E-state index contributed by atoms with van der Waals surface area (Å²) >= 11 is 0. The van der Waals surface area contributed by atoms with Gasteiger partial charge in [0.2, 0.25) is 0 Å². The third kappa shape index (κ3) is 3.60. The summed E-state index contributed by atoms with van der Waals surface area (Å²) in [6, 6.07) is 2.41. The van der Waals surface area contributed by atoms with Crippen molar-refractivity contribution in [3.63, 3.8) is 0 Å². The highest BCUT2D eigenvalue weighted by molar-refractivity contribution is 5.79. The standard InChI is InChI=1S/C17H26N6O/c1-4-14-9-15(24-21-14)10-20-17(18-3)22-7-5-13(2)16(11-22)23-8-6-19-12-23/h6,8-9,12-13,16H,4-5,7,10-11H2,1-3H3,(H,18,20). The predicted molar refractivity (Wildman–Crippen MR) is 92.7 cm³/mol. The van der Waals surface area contributed by atoms with Crippen LogP contribution in [0.1, 0.15) is 37.8 Å². The molecule has 1 N–H and O–H groups in total. The lowest BCUT2D eigenvalue weighted by Gasteiger charge is -2.39. The molecule has 2 atom stereocenters. The number of imidazole rings is 1. The van der Waals surface area contributed by atoms with Crippen molar-refractivity contribution >= 4 is 5.96 Å². The van der Waals surface area contributed by atoms with Crippen LogP contribution >= 0.6 is 0 Å². The summed E-state index contributed by atoms with van der Waals surface area (Å²) < 4.78 is 7.54. The molecule has 1 aliphatic heterocycles. The third-order valence-electron chi connectivity index (χ3n) is 4.73. The maximum atomic E-state index is 5.34. The largest absolute Gasteiger partial charge is 0.359 e. The summed E-state index contributed by atoms with van der Waals surface area (Å²) in [6.07, 6.45) is 7.80. The van der Waals surface area contributed by atoms with E-state index in [0.29, 0.717) is 18.5 Å². The van der Waals surface area contributed by atoms with Gasteiger partial charge in [0.05, 0.1) is 24.6 Å². The Morgan fingerprint density at radius 2 is 2.38 bits per heavy atom. The SMILES string of the molecule is CCc1cc(CNC(=NC)N2CCC(C)C(n3ccnc3)C2)on1. The molecular weight excluding hydrogens is 304 g/mol. The van der Waals surface area contributed by atoms with Crippen LogP contribution in [0.15, 0.2) is 34.3 Å². The molecule has 130 valence electrons. The quantitative estimate of drug-likeness (QED) is 0.686. The summed E-state index contributed by atoms with van der Waals surface area (Å²) in [5.41, 5.74) is 0.980. The fraction of sp³-hybridized carbons (Fsp3) is 0.588. The molecule has 24 heavy (non-hydrogen) atoms. The number of rotatable bonds is 4. The van der Waals surface area contributed by atoms with Gasteiger partial charge in [0.15, 0.2) is 11.7 Å². The topological polar surface area (TPSA) is 71.5 Å². The maximum Gasteiger partial charge on any atom is 0.194 e. The number of nitrogens with one attached hydrogen (secondary N) is 1. The van der Waals surface area contributed by atoms with E-state index in [9.17, 15) is 0 Å². The number of hydrogen-bond donors (Lipinski definition) is 1. The molecule has 1 saturated heterocycles. The van der Waals surface area contributed by atoms with E-state index in [1.807, 2.05) is 31.8 Å². The minimum Gasteiger partial charge on any atom is -0.359 e. The van der Waals surface area contributed by atoms with Crippen LogP contribution in [0.4, 0.5) is 0 Å². The molecule has 7 heteroatoms. The van der Waals surface area contributed by atoms with E-state index >= 15 is 0 Å². The first-order chi connectivity index (χ1) is 11.7. The van der Waals surface area contributed by atoms with Crippen LogP contribution in [0.25, 0.3) is 0 Å². The van der Waals surface area contributed by atoms with Crippen molar-refractivity contribution < 1.29 is 4.52 Å². The second-order valence-electron chi connectivity index (χ2n) is 6.33. The molecule has 0 spiro atoms. The van der Waals surface area contributed by atoms with Gasteiger partial charge in [-0.15, -0.1) is 0 Å². The molecule has 2 aromatic rings. The minimum absolute atomic E-state index is 0.414. The second-order valence-corrected chi connectivity index (χ2v) is 6.33. The van der Waals surface area contributed by atoms with Crippen molar-refractivity contribution in [3.05, 3.63) is 36.2 Å². The third-order valence-corrected chi connectivity index (χ3v) is 4.73. The Hall–Kier alpha value is -2.31. The summed E-state index contributed by atoms with van der Waals surface area (Å²) in [5.74, 6) is 2.36. The number of piperidine rings is 1. The van der Waals surface area contributed by atoms with E-state index in [0.717, 1.165) is 43.3 Å². The van der Waals surface area contributed by atoms with E-state index in [1.165, 1.54) is 0 Å². The molecule has 0 saturated carbocycles. The van der Waals surface area contributed by atoms with E-state index in [-0.39, 0.29) is 0 Å². The predicted octanol–water partition coefficient (Wildman–Crippen LogP) is 2.09. The van der Waals surface area contributed by atoms with Gasteiger partial charge in [-0.05, 0) is 18.8 Å². The van der Waals surface area contributed by atoms with Gasteiger partial charge >= 0.3 is 0 Å². The monoisotopic (exact) mass is 330 g/mol. The Kier molecular flexibility index (Phi) is 5.17. The van der Waals surface area contributed by atoms with Crippen LogP contribution in [-0.4, -0.2) is 45.7 Å². The highest BCUT2D eigenvalue weighted by atomic mass is 16.5. The fourth-order valence-corrected chi connectivity index (χ4v) is 3.20. The van der Waals surface area contributed by atoms with Crippen molar-refractivity contribution in [1.82, 2.24) is 24.9 Å². The van der Waals surface area contributed by atoms with Gasteiger partial charge in [-0.2, -0.15) is 0 Å². The molecule has 1 aliphatic rings. The Labute approximate surface area is 142 Å². The fourth-order valence-electron chi connectivity index (χ4n) is 3.20. The zero-order chi connectivity index (χ0) is 16.9. The first-order valence-electron chi connectivity index (χ1n) is 8.58. The van der Waals surface area contributed by atoms with Crippen molar-refractivity contribution in [2.45, 2.75) is 39.3 Å². The number of aliphatic imine (C=N–C) groups is 1. The van der Waals surface area contributed by atoms with E-state index < -0.39 is 0 Å². The summed E-state index contributed by atoms with van der Waals surface area (Å²) in [7, 11) is 1.82. The smallest absolute Gasteiger partial charge is 0.194 e. The molecule has 2 unspecified atom stereocenters. The zero-order valence-corrected chi connectivity index (χ0v) is 14.6. The van der Waals surface area contributed by atoms with Crippen molar-refractivity contribution in [1.29, 1.82) is 0 Å². The number of likely N-dealkylation sites (tertiary alicyclic amines) is 1. The van der Waals surface area contributed by atoms with Crippen molar-refractivity contribution in [3.8, 4) is 0 Å². The van der Waals surface area contributed by atoms with Gasteiger partial charge in [0.25, 0.3) is 0 Å². The van der Waals surface area contributed by atoms with Gasteiger partial charge in [-0.3, -0.25) is 4.99 Å². The molecule has 0 radical (unpaired) electrons. The maximum absolute atomic E-state index is 5.34. The first-order valence-corrected chi connectivity index (χ1v) is 8.58. The lowest BCUT2D eigenvalue weighted by molar-refractivity contribution is 0.188. The summed E-state index contributed by atoms with van der Waals surface area (Å²) in [5, 5.41) is 7.42. The number of aromatic nitrogens is 3. The summed E-state index contributed by atoms with van der Waals surface area (Å²) in [6.45, 7) is 6.90. The Morgan fingerprint density at radius 1 is 1.50 bits per heavy atom. The van der Waals surface area contributed by atoms with Gasteiger partial charge in [0.1, 0.15) is 0 Å². The van der Waals surface area contributed by atoms with E-state index in [1.54, 1.807) is 0 Å². The average molecular weight is 330 g/mol. The van der Waals surface area contributed by atoms with Crippen LogP contribution in [0.3, 0.4) is 0 Å². The summed E-state index contributed by atoms with van der Waals surface area (Å²) in [4.78, 5) is 10.9. The Bertz CT molecular complexity index is 662. The van der Waals surface area contributed by atoms with Crippen LogP contribution in [0.5, 0.6) is 0 Å². The lowest BCUT2D eigenvalue weighted by Crippen LogP contribution is -2.48. The highest BCUT2D eigenvalue weighted by Gasteiger charge is 2.28. The molecule has 7 nitrogen and oxygen atoms in total. The highest BCUT2D eigenvalue weighted by Crippen LogP contribution is 2.27. The number of hydrogen-bond acceptors (Lipinski definition) is 4. The number of guanidine groups is 1. The van der Waals surface area contributed by atoms with Gasteiger partial charge in [0, 0.05) is 38.6 Å². The minimum atomic E-state index is 0.414. The molecule has 3 rings (SSSR count). The number of aryl methyl sites for hydroxylation is 1. The molecule has 0 aromatic carbocycles. The van der Waals surface area contributed by atoms with Crippen molar-refractivity contribution in [2.24, 2.45) is 10.9 Å². The molecular formula is C17H26N6O. The molecule has 0 amide bonds. The molecule has 2 aromatic heterocycles. The van der Waals surface area contributed by atoms with E-state index in [2.05, 4.69) is 43.8 Å². The van der Waals surface area contributed by atoms with Gasteiger partial charge < -0.3 is 19.3 Å². The van der Waals surface area contributed by atoms with Gasteiger partial charge in [-0.25, -0.2) is 4.98 Å².